The first-order chi connectivity index (χ1) is 10.6. The summed E-state index contributed by atoms with van der Waals surface area (Å²) in [4.78, 5) is 18.9. The highest BCUT2D eigenvalue weighted by atomic mass is 35.5. The van der Waals surface area contributed by atoms with Gasteiger partial charge in [0.15, 0.2) is 4.96 Å². The minimum absolute atomic E-state index is 0.00810. The summed E-state index contributed by atoms with van der Waals surface area (Å²) in [6.45, 7) is 1.96. The number of imidazole rings is 1. The molecule has 0 N–H and O–H groups in total. The van der Waals surface area contributed by atoms with E-state index in [2.05, 4.69) is 4.98 Å². The third kappa shape index (κ3) is 1.95. The Bertz CT molecular complexity index is 1010. The van der Waals surface area contributed by atoms with E-state index >= 15 is 0 Å². The molecule has 4 aromatic rings. The highest BCUT2D eigenvalue weighted by Crippen LogP contribution is 2.29. The van der Waals surface area contributed by atoms with Crippen LogP contribution < -0.4 is 0 Å². The van der Waals surface area contributed by atoms with Crippen LogP contribution in [0.15, 0.2) is 48.5 Å². The van der Waals surface area contributed by atoms with Gasteiger partial charge in [0.05, 0.1) is 15.9 Å². The fourth-order valence-corrected chi connectivity index (χ4v) is 3.83. The first-order valence-electron chi connectivity index (χ1n) is 6.82. The Labute approximate surface area is 135 Å². The predicted molar refractivity (Wildman–Crippen MR) is 90.2 cm³/mol. The number of aromatic nitrogens is 2. The molecule has 2 heterocycles. The van der Waals surface area contributed by atoms with Crippen LogP contribution in [-0.2, 0) is 0 Å². The second kappa shape index (κ2) is 4.93. The van der Waals surface area contributed by atoms with E-state index < -0.39 is 0 Å². The SMILES string of the molecule is Cc1c(C(=O)c2ccc(Cl)cc2)sc2nc3ccccc3n12. The number of carbonyl (C=O) groups is 1. The van der Waals surface area contributed by atoms with Crippen LogP contribution in [0.25, 0.3) is 16.0 Å². The number of carbonyl (C=O) groups excluding carboxylic acids is 1. The van der Waals surface area contributed by atoms with Gasteiger partial charge in [-0.3, -0.25) is 9.20 Å². The first kappa shape index (κ1) is 13.5. The monoisotopic (exact) mass is 326 g/mol. The molecule has 5 heteroatoms. The maximum absolute atomic E-state index is 12.7. The molecule has 0 unspecified atom stereocenters. The van der Waals surface area contributed by atoms with Crippen molar-refractivity contribution in [3.8, 4) is 0 Å². The molecule has 0 aliphatic carbocycles. The van der Waals surface area contributed by atoms with E-state index in [4.69, 9.17) is 11.6 Å². The zero-order valence-electron chi connectivity index (χ0n) is 11.7. The van der Waals surface area contributed by atoms with Crippen LogP contribution in [0.3, 0.4) is 0 Å². The van der Waals surface area contributed by atoms with Gasteiger partial charge in [-0.05, 0) is 43.3 Å². The molecule has 22 heavy (non-hydrogen) atoms. The van der Waals surface area contributed by atoms with Gasteiger partial charge in [0.1, 0.15) is 0 Å². The zero-order valence-corrected chi connectivity index (χ0v) is 13.3. The molecule has 4 rings (SSSR count). The number of nitrogens with zero attached hydrogens (tertiary/aromatic N) is 2. The van der Waals surface area contributed by atoms with Crippen LogP contribution in [0.4, 0.5) is 0 Å². The van der Waals surface area contributed by atoms with Crippen LogP contribution in [-0.4, -0.2) is 15.2 Å². The third-order valence-electron chi connectivity index (χ3n) is 3.70. The molecule has 0 aliphatic rings. The van der Waals surface area contributed by atoms with E-state index in [9.17, 15) is 4.79 Å². The quantitative estimate of drug-likeness (QED) is 0.498. The summed E-state index contributed by atoms with van der Waals surface area (Å²) in [5, 5.41) is 0.625. The average molecular weight is 327 g/mol. The number of ketones is 1. The van der Waals surface area contributed by atoms with E-state index in [-0.39, 0.29) is 5.78 Å². The Morgan fingerprint density at radius 1 is 1.14 bits per heavy atom. The average Bonchev–Trinajstić information content (AvgIpc) is 3.04. The van der Waals surface area contributed by atoms with E-state index in [0.29, 0.717) is 10.6 Å². The van der Waals surface area contributed by atoms with Gasteiger partial charge in [0.25, 0.3) is 0 Å². The lowest BCUT2D eigenvalue weighted by molar-refractivity contribution is 0.104. The van der Waals surface area contributed by atoms with Crippen molar-refractivity contribution in [2.45, 2.75) is 6.92 Å². The summed E-state index contributed by atoms with van der Waals surface area (Å²) in [5.41, 5.74) is 3.54. The summed E-state index contributed by atoms with van der Waals surface area (Å²) < 4.78 is 2.04. The van der Waals surface area contributed by atoms with Gasteiger partial charge < -0.3 is 0 Å². The number of hydrogen-bond acceptors (Lipinski definition) is 3. The van der Waals surface area contributed by atoms with Crippen LogP contribution in [0, 0.1) is 6.92 Å². The molecule has 0 saturated carbocycles. The second-order valence-electron chi connectivity index (χ2n) is 5.07. The maximum Gasteiger partial charge on any atom is 0.204 e. The Hall–Kier alpha value is -2.17. The molecule has 0 aliphatic heterocycles. The molecule has 0 atom stereocenters. The van der Waals surface area contributed by atoms with E-state index in [1.165, 1.54) is 11.3 Å². The van der Waals surface area contributed by atoms with Crippen LogP contribution >= 0.6 is 22.9 Å². The minimum Gasteiger partial charge on any atom is -0.288 e. The largest absolute Gasteiger partial charge is 0.288 e. The van der Waals surface area contributed by atoms with Crippen LogP contribution in [0.1, 0.15) is 20.9 Å². The van der Waals surface area contributed by atoms with Crippen LogP contribution in [0.2, 0.25) is 5.02 Å². The number of thiazole rings is 1. The molecule has 0 radical (unpaired) electrons. The number of benzene rings is 2. The van der Waals surface area contributed by atoms with Gasteiger partial charge in [-0.15, -0.1) is 0 Å². The molecule has 3 nitrogen and oxygen atoms in total. The van der Waals surface area contributed by atoms with E-state index in [0.717, 1.165) is 26.6 Å². The highest BCUT2D eigenvalue weighted by molar-refractivity contribution is 7.19. The van der Waals surface area contributed by atoms with Gasteiger partial charge in [-0.25, -0.2) is 4.98 Å². The lowest BCUT2D eigenvalue weighted by atomic mass is 10.1. The minimum atomic E-state index is 0.00810. The number of para-hydroxylation sites is 2. The maximum atomic E-state index is 12.7. The smallest absolute Gasteiger partial charge is 0.204 e. The Morgan fingerprint density at radius 3 is 2.64 bits per heavy atom. The normalized spacial score (nSPS) is 11.4. The molecule has 2 aromatic heterocycles. The summed E-state index contributed by atoms with van der Waals surface area (Å²) in [6, 6.07) is 14.9. The van der Waals surface area contributed by atoms with Crippen molar-refractivity contribution in [2.24, 2.45) is 0 Å². The third-order valence-corrected chi connectivity index (χ3v) is 5.09. The van der Waals surface area contributed by atoms with Gasteiger partial charge in [-0.2, -0.15) is 0 Å². The van der Waals surface area contributed by atoms with Crippen LogP contribution in [0.5, 0.6) is 0 Å². The standard InChI is InChI=1S/C17H11ClN2OS/c1-10-16(15(21)11-6-8-12(18)9-7-11)22-17-19-13-4-2-3-5-14(13)20(10)17/h2-9H,1H3. The first-order valence-corrected chi connectivity index (χ1v) is 8.01. The molecular weight excluding hydrogens is 316 g/mol. The van der Waals surface area contributed by atoms with Crippen molar-refractivity contribution in [1.29, 1.82) is 0 Å². The summed E-state index contributed by atoms with van der Waals surface area (Å²) >= 11 is 7.31. The van der Waals surface area contributed by atoms with Crippen molar-refractivity contribution in [1.82, 2.24) is 9.38 Å². The Morgan fingerprint density at radius 2 is 1.86 bits per heavy atom. The molecule has 0 saturated heterocycles. The van der Waals surface area contributed by atoms with Crippen molar-refractivity contribution in [3.63, 3.8) is 0 Å². The number of rotatable bonds is 2. The highest BCUT2D eigenvalue weighted by Gasteiger charge is 2.19. The fourth-order valence-electron chi connectivity index (χ4n) is 2.61. The Kier molecular flexibility index (Phi) is 3.03. The van der Waals surface area contributed by atoms with Gasteiger partial charge in [0, 0.05) is 16.3 Å². The topological polar surface area (TPSA) is 34.4 Å². The zero-order chi connectivity index (χ0) is 15.3. The summed E-state index contributed by atoms with van der Waals surface area (Å²) in [5.74, 6) is 0.00810. The van der Waals surface area contributed by atoms with E-state index in [1.54, 1.807) is 24.3 Å². The van der Waals surface area contributed by atoms with Crippen molar-refractivity contribution in [2.75, 3.05) is 0 Å². The molecule has 0 amide bonds. The molecule has 0 fully saturated rings. The summed E-state index contributed by atoms with van der Waals surface area (Å²) in [6.07, 6.45) is 0. The second-order valence-corrected chi connectivity index (χ2v) is 6.49. The lowest BCUT2D eigenvalue weighted by Crippen LogP contribution is -2.01. The van der Waals surface area contributed by atoms with Gasteiger partial charge in [-0.1, -0.05) is 35.1 Å². The molecule has 108 valence electrons. The number of fused-ring (bicyclic) bond motifs is 3. The number of aryl methyl sites for hydroxylation is 1. The molecule has 0 spiro atoms. The molecule has 0 bridgehead atoms. The number of hydrogen-bond donors (Lipinski definition) is 0. The van der Waals surface area contributed by atoms with Crippen molar-refractivity contribution in [3.05, 3.63) is 69.7 Å². The van der Waals surface area contributed by atoms with Gasteiger partial charge in [0.2, 0.25) is 5.78 Å². The lowest BCUT2D eigenvalue weighted by Gasteiger charge is -2.01. The molecule has 2 aromatic carbocycles. The van der Waals surface area contributed by atoms with Crippen molar-refractivity contribution >= 4 is 44.7 Å². The molecular formula is C17H11ClN2OS. The fraction of sp³-hybridized carbons (Fsp3) is 0.0588. The van der Waals surface area contributed by atoms with Crippen molar-refractivity contribution < 1.29 is 4.79 Å². The Balaban J connectivity index is 1.90. The van der Waals surface area contributed by atoms with Gasteiger partial charge >= 0.3 is 0 Å². The predicted octanol–water partition coefficient (Wildman–Crippen LogP) is 4.74. The van der Waals surface area contributed by atoms with E-state index in [1.807, 2.05) is 35.6 Å². The summed E-state index contributed by atoms with van der Waals surface area (Å²) in [7, 11) is 0. The number of halogens is 1.